The molecule has 3 rings (SSSR count). The van der Waals surface area contributed by atoms with E-state index in [4.69, 9.17) is 21.3 Å². The van der Waals surface area contributed by atoms with Gasteiger partial charge in [-0.05, 0) is 42.3 Å². The first kappa shape index (κ1) is 23.5. The number of aliphatic imine (C=N–C) groups is 1. The molecule has 0 bridgehead atoms. The van der Waals surface area contributed by atoms with Crippen molar-refractivity contribution in [3.8, 4) is 0 Å². The molecule has 6 nitrogen and oxygen atoms in total. The lowest BCUT2D eigenvalue weighted by Gasteiger charge is -2.34. The highest BCUT2D eigenvalue weighted by molar-refractivity contribution is 6.30. The molecule has 2 aromatic rings. The smallest absolute Gasteiger partial charge is 0.191 e. The molecule has 8 heteroatoms. The summed E-state index contributed by atoms with van der Waals surface area (Å²) in [5, 5.41) is 17.5. The minimum atomic E-state index is -0.687. The Kier molecular flexibility index (Phi) is 9.09. The molecular formula is C23H30ClFN4O2. The number of nitrogens with one attached hydrogen (secondary N) is 2. The molecule has 31 heavy (non-hydrogen) atoms. The molecule has 2 aromatic carbocycles. The van der Waals surface area contributed by atoms with Crippen molar-refractivity contribution in [2.24, 2.45) is 4.99 Å². The van der Waals surface area contributed by atoms with Crippen molar-refractivity contribution in [3.05, 3.63) is 70.5 Å². The second-order valence-electron chi connectivity index (χ2n) is 7.38. The van der Waals surface area contributed by atoms with E-state index in [9.17, 15) is 9.50 Å². The van der Waals surface area contributed by atoms with Gasteiger partial charge in [0.15, 0.2) is 5.96 Å². The molecule has 0 aliphatic carbocycles. The average Bonchev–Trinajstić information content (AvgIpc) is 2.79. The molecule has 0 saturated carbocycles. The van der Waals surface area contributed by atoms with Gasteiger partial charge in [0.25, 0.3) is 0 Å². The molecule has 2 unspecified atom stereocenters. The van der Waals surface area contributed by atoms with Gasteiger partial charge < -0.3 is 20.5 Å². The molecule has 0 spiro atoms. The minimum Gasteiger partial charge on any atom is -0.387 e. The first-order chi connectivity index (χ1) is 15.1. The number of aliphatic hydroxyl groups is 1. The van der Waals surface area contributed by atoms with Gasteiger partial charge in [-0.3, -0.25) is 9.89 Å². The van der Waals surface area contributed by atoms with E-state index in [2.05, 4.69) is 15.5 Å². The Balaban J connectivity index is 1.68. The second kappa shape index (κ2) is 12.0. The van der Waals surface area contributed by atoms with Gasteiger partial charge in [0, 0.05) is 31.2 Å². The highest BCUT2D eigenvalue weighted by Gasteiger charge is 2.22. The number of rotatable bonds is 8. The van der Waals surface area contributed by atoms with E-state index in [1.165, 1.54) is 12.1 Å². The number of ether oxygens (including phenoxy) is 1. The Morgan fingerprint density at radius 3 is 2.39 bits per heavy atom. The van der Waals surface area contributed by atoms with Gasteiger partial charge in [0.1, 0.15) is 5.82 Å². The molecule has 0 aromatic heterocycles. The number of nitrogens with zero attached hydrogens (tertiary/aromatic N) is 2. The normalized spacial score (nSPS) is 17.2. The molecule has 1 aliphatic rings. The zero-order valence-electron chi connectivity index (χ0n) is 17.7. The van der Waals surface area contributed by atoms with Crippen molar-refractivity contribution in [2.75, 3.05) is 45.9 Å². The van der Waals surface area contributed by atoms with E-state index in [1.807, 2.05) is 31.2 Å². The second-order valence-corrected chi connectivity index (χ2v) is 7.82. The van der Waals surface area contributed by atoms with Gasteiger partial charge in [-0.1, -0.05) is 35.9 Å². The fourth-order valence-electron chi connectivity index (χ4n) is 3.52. The van der Waals surface area contributed by atoms with Gasteiger partial charge >= 0.3 is 0 Å². The summed E-state index contributed by atoms with van der Waals surface area (Å²) in [6.45, 7) is 6.45. The third-order valence-corrected chi connectivity index (χ3v) is 5.48. The number of hydrogen-bond acceptors (Lipinski definition) is 4. The summed E-state index contributed by atoms with van der Waals surface area (Å²) < 4.78 is 18.9. The Labute approximate surface area is 188 Å². The van der Waals surface area contributed by atoms with Gasteiger partial charge in [-0.25, -0.2) is 4.39 Å². The standard InChI is InChI=1S/C23H30ClFN4O2/c1-2-26-23(28-16-22(30)18-3-7-19(24)8-4-18)27-15-21(29-11-13-31-14-12-29)17-5-9-20(25)10-6-17/h3-10,21-22,30H,2,11-16H2,1H3,(H2,26,27,28). The molecule has 1 heterocycles. The van der Waals surface area contributed by atoms with Crippen LogP contribution in [0, 0.1) is 5.82 Å². The Bertz CT molecular complexity index is 826. The summed E-state index contributed by atoms with van der Waals surface area (Å²) in [6.07, 6.45) is -0.687. The zero-order chi connectivity index (χ0) is 22.1. The molecule has 1 aliphatic heterocycles. The van der Waals surface area contributed by atoms with Gasteiger partial charge in [-0.2, -0.15) is 0 Å². The number of aliphatic hydroxyl groups excluding tert-OH is 1. The number of benzene rings is 2. The van der Waals surface area contributed by atoms with Gasteiger partial charge in [0.2, 0.25) is 0 Å². The molecule has 1 fully saturated rings. The van der Waals surface area contributed by atoms with E-state index >= 15 is 0 Å². The predicted molar refractivity (Wildman–Crippen MR) is 122 cm³/mol. The van der Waals surface area contributed by atoms with Crippen LogP contribution in [0.25, 0.3) is 0 Å². The van der Waals surface area contributed by atoms with Crippen LogP contribution in [0.5, 0.6) is 0 Å². The van der Waals surface area contributed by atoms with Crippen molar-refractivity contribution in [3.63, 3.8) is 0 Å². The van der Waals surface area contributed by atoms with E-state index < -0.39 is 6.10 Å². The first-order valence-electron chi connectivity index (χ1n) is 10.6. The average molecular weight is 449 g/mol. The van der Waals surface area contributed by atoms with Crippen LogP contribution in [-0.4, -0.2) is 61.9 Å². The molecule has 0 radical (unpaired) electrons. The highest BCUT2D eigenvalue weighted by atomic mass is 35.5. The number of morpholine rings is 1. The largest absolute Gasteiger partial charge is 0.387 e. The monoisotopic (exact) mass is 448 g/mol. The maximum atomic E-state index is 13.4. The number of halogens is 2. The van der Waals surface area contributed by atoms with E-state index in [0.29, 0.717) is 43.8 Å². The van der Waals surface area contributed by atoms with Crippen molar-refractivity contribution < 1.29 is 14.2 Å². The zero-order valence-corrected chi connectivity index (χ0v) is 18.5. The fourth-order valence-corrected chi connectivity index (χ4v) is 3.65. The highest BCUT2D eigenvalue weighted by Crippen LogP contribution is 2.23. The van der Waals surface area contributed by atoms with Crippen LogP contribution >= 0.6 is 11.6 Å². The summed E-state index contributed by atoms with van der Waals surface area (Å²) in [6, 6.07) is 13.7. The first-order valence-corrected chi connectivity index (χ1v) is 11.0. The van der Waals surface area contributed by atoms with Crippen LogP contribution in [0.15, 0.2) is 53.5 Å². The minimum absolute atomic E-state index is 0.0149. The summed E-state index contributed by atoms with van der Waals surface area (Å²) >= 11 is 5.92. The lowest BCUT2D eigenvalue weighted by Crippen LogP contribution is -2.42. The summed E-state index contributed by atoms with van der Waals surface area (Å²) in [5.41, 5.74) is 1.80. The molecule has 1 saturated heterocycles. The van der Waals surface area contributed by atoms with Crippen molar-refractivity contribution >= 4 is 17.6 Å². The van der Waals surface area contributed by atoms with Crippen LogP contribution in [0.1, 0.15) is 30.2 Å². The third-order valence-electron chi connectivity index (χ3n) is 5.23. The summed E-state index contributed by atoms with van der Waals surface area (Å²) in [7, 11) is 0. The van der Waals surface area contributed by atoms with E-state index in [-0.39, 0.29) is 11.9 Å². The third kappa shape index (κ3) is 7.18. The maximum Gasteiger partial charge on any atom is 0.191 e. The van der Waals surface area contributed by atoms with Crippen LogP contribution < -0.4 is 10.6 Å². The Hall–Kier alpha value is -2.19. The molecule has 0 amide bonds. The lowest BCUT2D eigenvalue weighted by atomic mass is 10.0. The van der Waals surface area contributed by atoms with Crippen LogP contribution in [-0.2, 0) is 4.74 Å². The van der Waals surface area contributed by atoms with Crippen LogP contribution in [0.2, 0.25) is 5.02 Å². The fraction of sp³-hybridized carbons (Fsp3) is 0.435. The summed E-state index contributed by atoms with van der Waals surface area (Å²) in [4.78, 5) is 7.07. The molecule has 3 N–H and O–H groups in total. The summed E-state index contributed by atoms with van der Waals surface area (Å²) in [5.74, 6) is 0.370. The van der Waals surface area contributed by atoms with E-state index in [1.54, 1.807) is 12.1 Å². The SMILES string of the molecule is CCNC(=NCC(c1ccc(F)cc1)N1CCOCC1)NCC(O)c1ccc(Cl)cc1. The van der Waals surface area contributed by atoms with Gasteiger partial charge in [-0.15, -0.1) is 0 Å². The van der Waals surface area contributed by atoms with Crippen LogP contribution in [0.4, 0.5) is 4.39 Å². The molecule has 168 valence electrons. The Morgan fingerprint density at radius 2 is 1.74 bits per heavy atom. The van der Waals surface area contributed by atoms with Crippen molar-refractivity contribution in [2.45, 2.75) is 19.1 Å². The van der Waals surface area contributed by atoms with Crippen molar-refractivity contribution in [1.29, 1.82) is 0 Å². The molecular weight excluding hydrogens is 419 g/mol. The number of hydrogen-bond donors (Lipinski definition) is 3. The maximum absolute atomic E-state index is 13.4. The lowest BCUT2D eigenvalue weighted by molar-refractivity contribution is 0.0179. The quantitative estimate of drug-likeness (QED) is 0.427. The van der Waals surface area contributed by atoms with E-state index in [0.717, 1.165) is 24.2 Å². The number of guanidine groups is 1. The van der Waals surface area contributed by atoms with Crippen LogP contribution in [0.3, 0.4) is 0 Å². The molecule has 2 atom stereocenters. The van der Waals surface area contributed by atoms with Crippen molar-refractivity contribution in [1.82, 2.24) is 15.5 Å². The predicted octanol–water partition coefficient (Wildman–Crippen LogP) is 3.14. The van der Waals surface area contributed by atoms with Gasteiger partial charge in [0.05, 0.1) is 31.9 Å². The topological polar surface area (TPSA) is 69.1 Å². The Morgan fingerprint density at radius 1 is 1.10 bits per heavy atom.